The molecule has 9 atom stereocenters. The van der Waals surface area contributed by atoms with Gasteiger partial charge in [-0.05, 0) is 308 Å². The zero-order valence-electron chi connectivity index (χ0n) is 61.8. The minimum absolute atomic E-state index is 0.0190. The molecule has 7 rings (SSSR count). The smallest absolute Gasteiger partial charge is 0.317 e. The number of benzene rings is 5. The number of ether oxygens (including phenoxy) is 8. The maximum absolute atomic E-state index is 14.6. The molecule has 18 heteroatoms. The van der Waals surface area contributed by atoms with E-state index >= 15 is 0 Å². The van der Waals surface area contributed by atoms with E-state index in [0.29, 0.717) is 50.4 Å². The van der Waals surface area contributed by atoms with Crippen molar-refractivity contribution in [3.05, 3.63) is 149 Å². The molecule has 1 aliphatic heterocycles. The fraction of sp³-hybridized carbons (Fsp3) is 0.603. The van der Waals surface area contributed by atoms with Crippen molar-refractivity contribution in [2.45, 2.75) is 266 Å². The normalized spacial score (nSPS) is 20.6. The summed E-state index contributed by atoms with van der Waals surface area (Å²) in [6, 6.07) is 42.2. The lowest BCUT2D eigenvalue weighted by molar-refractivity contribution is -0.160. The van der Waals surface area contributed by atoms with E-state index in [1.54, 1.807) is 12.1 Å². The van der Waals surface area contributed by atoms with Crippen molar-refractivity contribution < 1.29 is 64.3 Å². The summed E-state index contributed by atoms with van der Waals surface area (Å²) < 4.78 is 77.2. The fourth-order valence-electron chi connectivity index (χ4n) is 14.0. The number of carbonyl (C=O) groups excluding carboxylic acids is 1. The maximum atomic E-state index is 14.6. The molecule has 1 heterocycles. The topological polar surface area (TPSA) is 148 Å². The standard InChI is InChI=1S/C78H120O14Si4/c1-20-56(5)64-29-39-74(40-30-64)86-59(8)82-53-61-23-25-62(26-24-61)54-83-60(9)87-76-45-35-67(36-46-76)69(51-70(68-33-41-73(42-34-68)84-55(3)4)52-71(77(80)88-78(10,11)12)49-57(6)65-27-37-72(79)38-28-65)50-63(21-2)66-31-43-75(44-32-66)85-58(7)81-47-22-48-96(19)91-94(15,16)89-93(13,14)90-95(17,18)92-96/h27-46,55-63,69-71,79H,20-26,47-54H2,1-19H3. The van der Waals surface area contributed by atoms with Crippen LogP contribution in [0.5, 0.6) is 28.7 Å². The lowest BCUT2D eigenvalue weighted by Crippen LogP contribution is -2.65. The summed E-state index contributed by atoms with van der Waals surface area (Å²) >= 11 is 0. The second-order valence-electron chi connectivity index (χ2n) is 30.2. The first-order chi connectivity index (χ1) is 45.2. The maximum Gasteiger partial charge on any atom is 0.317 e. The van der Waals surface area contributed by atoms with Crippen LogP contribution >= 0.6 is 0 Å². The summed E-state index contributed by atoms with van der Waals surface area (Å²) in [5.41, 5.74) is 5.28. The van der Waals surface area contributed by atoms with Crippen LogP contribution in [0.4, 0.5) is 0 Å². The number of hydrogen-bond donors (Lipinski definition) is 1. The van der Waals surface area contributed by atoms with Crippen LogP contribution < -0.4 is 18.9 Å². The van der Waals surface area contributed by atoms with E-state index < -0.39 is 58.3 Å². The minimum Gasteiger partial charge on any atom is -0.508 e. The van der Waals surface area contributed by atoms with Crippen molar-refractivity contribution in [3.8, 4) is 28.7 Å². The Hall–Kier alpha value is -4.84. The summed E-state index contributed by atoms with van der Waals surface area (Å²) in [6.45, 7) is 41.2. The molecule has 5 aromatic carbocycles. The van der Waals surface area contributed by atoms with Gasteiger partial charge in [0.1, 0.15) is 34.3 Å². The molecule has 532 valence electrons. The SMILES string of the molecule is CCC(C)c1ccc(OC(C)OCC2CCC(COC(C)Oc3ccc(C(CC(CC)c4ccc(OC(C)OCCC[Si]5(C)O[Si](C)(C)O[Si](C)(C)O[Si](C)(C)O5)cc4)CC(CC(CC(C)c4ccc(O)cc4)C(=O)OC(C)(C)C)c4ccc(OC(C)C)cc4)cc3)CC2)cc1. The average molecular weight is 1390 g/mol. The van der Waals surface area contributed by atoms with Crippen molar-refractivity contribution in [1.29, 1.82) is 0 Å². The first kappa shape index (κ1) is 78.5. The highest BCUT2D eigenvalue weighted by molar-refractivity contribution is 6.93. The van der Waals surface area contributed by atoms with Crippen LogP contribution in [0.2, 0.25) is 51.9 Å². The van der Waals surface area contributed by atoms with E-state index in [2.05, 4.69) is 171 Å². The predicted molar refractivity (Wildman–Crippen MR) is 394 cm³/mol. The highest BCUT2D eigenvalue weighted by atomic mass is 28.5. The Morgan fingerprint density at radius 3 is 1.27 bits per heavy atom. The Morgan fingerprint density at radius 2 is 0.844 bits per heavy atom. The number of phenolic OH excluding ortho intramolecular Hbond substituents is 1. The van der Waals surface area contributed by atoms with Gasteiger partial charge in [-0.15, -0.1) is 0 Å². The van der Waals surface area contributed by atoms with E-state index in [1.165, 1.54) is 16.7 Å². The van der Waals surface area contributed by atoms with Gasteiger partial charge in [0.15, 0.2) is 18.9 Å². The van der Waals surface area contributed by atoms with Gasteiger partial charge in [0.25, 0.3) is 0 Å². The molecule has 0 bridgehead atoms. The summed E-state index contributed by atoms with van der Waals surface area (Å²) in [5.74, 6) is 4.44. The molecule has 5 aromatic rings. The van der Waals surface area contributed by atoms with Crippen LogP contribution in [0, 0.1) is 17.8 Å². The number of hydrogen-bond acceptors (Lipinski definition) is 14. The van der Waals surface area contributed by atoms with Gasteiger partial charge in [0, 0.05) is 0 Å². The second kappa shape index (κ2) is 36.0. The van der Waals surface area contributed by atoms with Gasteiger partial charge in [-0.1, -0.05) is 88.4 Å². The highest BCUT2D eigenvalue weighted by Gasteiger charge is 2.52. The number of phenols is 1. The number of rotatable bonds is 35. The Bertz CT molecular complexity index is 3050. The number of carbonyl (C=O) groups is 1. The third kappa shape index (κ3) is 26.4. The van der Waals surface area contributed by atoms with E-state index in [1.807, 2.05) is 67.5 Å². The van der Waals surface area contributed by atoms with E-state index in [-0.39, 0.29) is 47.8 Å². The lowest BCUT2D eigenvalue weighted by Gasteiger charge is -2.47. The van der Waals surface area contributed by atoms with Crippen LogP contribution in [-0.4, -0.2) is 95.7 Å². The molecule has 0 spiro atoms. The molecule has 0 radical (unpaired) electrons. The van der Waals surface area contributed by atoms with Crippen molar-refractivity contribution in [1.82, 2.24) is 0 Å². The Labute approximate surface area is 582 Å². The van der Waals surface area contributed by atoms with Crippen molar-refractivity contribution in [2.75, 3.05) is 19.8 Å². The highest BCUT2D eigenvalue weighted by Crippen LogP contribution is 2.44. The molecule has 1 saturated heterocycles. The van der Waals surface area contributed by atoms with Crippen LogP contribution in [-0.2, 0) is 40.2 Å². The van der Waals surface area contributed by atoms with E-state index in [0.717, 1.165) is 98.0 Å². The van der Waals surface area contributed by atoms with Crippen molar-refractivity contribution in [2.24, 2.45) is 17.8 Å². The monoisotopic (exact) mass is 1390 g/mol. The fourth-order valence-corrected chi connectivity index (χ4v) is 35.6. The van der Waals surface area contributed by atoms with Gasteiger partial charge < -0.3 is 59.5 Å². The molecule has 1 N–H and O–H groups in total. The molecule has 0 aromatic heterocycles. The minimum atomic E-state index is -2.63. The molecule has 1 aliphatic carbocycles. The Kier molecular flexibility index (Phi) is 29.4. The largest absolute Gasteiger partial charge is 0.508 e. The van der Waals surface area contributed by atoms with E-state index in [4.69, 9.17) is 54.4 Å². The van der Waals surface area contributed by atoms with Crippen LogP contribution in [0.25, 0.3) is 0 Å². The van der Waals surface area contributed by atoms with Crippen LogP contribution in [0.15, 0.2) is 121 Å². The molecule has 2 fully saturated rings. The summed E-state index contributed by atoms with van der Waals surface area (Å²) in [6.07, 6.45) is 8.71. The molecule has 1 saturated carbocycles. The van der Waals surface area contributed by atoms with Gasteiger partial charge in [-0.2, -0.15) is 0 Å². The number of esters is 1. The van der Waals surface area contributed by atoms with Crippen molar-refractivity contribution >= 4 is 40.2 Å². The first-order valence-corrected chi connectivity index (χ1v) is 47.0. The third-order valence-corrected chi connectivity index (χ3v) is 35.1. The summed E-state index contributed by atoms with van der Waals surface area (Å²) in [7, 11) is -9.97. The Balaban J connectivity index is 1.05. The summed E-state index contributed by atoms with van der Waals surface area (Å²) in [4.78, 5) is 14.6. The zero-order valence-corrected chi connectivity index (χ0v) is 65.8. The van der Waals surface area contributed by atoms with Gasteiger partial charge in [0.2, 0.25) is 0 Å². The average Bonchev–Trinajstić information content (AvgIpc) is 0.789. The molecular weight excluding hydrogens is 1270 g/mol. The first-order valence-electron chi connectivity index (χ1n) is 36.0. The van der Waals surface area contributed by atoms with Crippen molar-refractivity contribution in [3.63, 3.8) is 0 Å². The molecule has 0 amide bonds. The van der Waals surface area contributed by atoms with Gasteiger partial charge in [-0.3, -0.25) is 4.79 Å². The lowest BCUT2D eigenvalue weighted by atomic mass is 9.74. The van der Waals surface area contributed by atoms with Gasteiger partial charge >= 0.3 is 40.2 Å². The molecule has 96 heavy (non-hydrogen) atoms. The van der Waals surface area contributed by atoms with Gasteiger partial charge in [-0.25, -0.2) is 0 Å². The predicted octanol–water partition coefficient (Wildman–Crippen LogP) is 20.5. The summed E-state index contributed by atoms with van der Waals surface area (Å²) in [5, 5.41) is 10.2. The van der Waals surface area contributed by atoms with E-state index in [9.17, 15) is 9.90 Å². The van der Waals surface area contributed by atoms with Crippen LogP contribution in [0.1, 0.15) is 211 Å². The molecule has 9 unspecified atom stereocenters. The Morgan fingerprint density at radius 1 is 0.469 bits per heavy atom. The van der Waals surface area contributed by atoms with Crippen LogP contribution in [0.3, 0.4) is 0 Å². The molecular formula is C78H120O14Si4. The quantitative estimate of drug-likeness (QED) is 0.0177. The number of aromatic hydroxyl groups is 1. The molecule has 2 aliphatic rings. The molecule has 14 nitrogen and oxygen atoms in total. The zero-order chi connectivity index (χ0) is 70.0. The third-order valence-electron chi connectivity index (χ3n) is 18.6. The van der Waals surface area contributed by atoms with Gasteiger partial charge in [0.05, 0.1) is 31.8 Å². The second-order valence-corrected chi connectivity index (χ2v) is 44.7.